The molecule has 0 bridgehead atoms. The summed E-state index contributed by atoms with van der Waals surface area (Å²) >= 11 is 0. The molecule has 0 aliphatic carbocycles. The van der Waals surface area contributed by atoms with Crippen LogP contribution in [-0.2, 0) is 9.84 Å². The molecule has 16 heavy (non-hydrogen) atoms. The molecule has 86 valence electrons. The Morgan fingerprint density at radius 3 is 3.00 bits per heavy atom. The monoisotopic (exact) mass is 240 g/mol. The third-order valence-electron chi connectivity index (χ3n) is 2.04. The quantitative estimate of drug-likeness (QED) is 0.825. The lowest BCUT2D eigenvalue weighted by Gasteiger charge is -2.04. The molecule has 0 saturated carbocycles. The smallest absolute Gasteiger partial charge is 0.157 e. The molecule has 6 nitrogen and oxygen atoms in total. The van der Waals surface area contributed by atoms with E-state index in [-0.39, 0.29) is 5.75 Å². The first-order valence-electron chi connectivity index (χ1n) is 4.77. The first kappa shape index (κ1) is 10.9. The van der Waals surface area contributed by atoms with Crippen LogP contribution in [0.25, 0.3) is 5.65 Å². The molecule has 2 rings (SSSR count). The molecule has 0 fully saturated rings. The number of hydrogen-bond acceptors (Lipinski definition) is 5. The second-order valence-corrected chi connectivity index (χ2v) is 5.76. The van der Waals surface area contributed by atoms with Crippen LogP contribution in [0, 0.1) is 0 Å². The second-order valence-electron chi connectivity index (χ2n) is 3.50. The van der Waals surface area contributed by atoms with Gasteiger partial charge >= 0.3 is 0 Å². The maximum Gasteiger partial charge on any atom is 0.157 e. The summed E-state index contributed by atoms with van der Waals surface area (Å²) in [5, 5.41) is 6.96. The van der Waals surface area contributed by atoms with Crippen LogP contribution >= 0.6 is 0 Å². The zero-order valence-corrected chi connectivity index (χ0v) is 9.61. The van der Waals surface area contributed by atoms with Crippen molar-refractivity contribution in [3.8, 4) is 0 Å². The van der Waals surface area contributed by atoms with Crippen LogP contribution in [0.2, 0.25) is 0 Å². The summed E-state index contributed by atoms with van der Waals surface area (Å²) in [5.74, 6) is 0.746. The molecule has 0 saturated heterocycles. The predicted octanol–water partition coefficient (Wildman–Crippen LogP) is 0.186. The van der Waals surface area contributed by atoms with E-state index >= 15 is 0 Å². The summed E-state index contributed by atoms with van der Waals surface area (Å²) in [6.45, 7) is 0.357. The molecule has 2 heterocycles. The van der Waals surface area contributed by atoms with E-state index in [1.807, 2.05) is 0 Å². The van der Waals surface area contributed by atoms with Gasteiger partial charge in [0.15, 0.2) is 5.65 Å². The zero-order chi connectivity index (χ0) is 11.6. The van der Waals surface area contributed by atoms with E-state index in [4.69, 9.17) is 0 Å². The van der Waals surface area contributed by atoms with E-state index in [9.17, 15) is 8.42 Å². The largest absolute Gasteiger partial charge is 0.369 e. The molecule has 1 N–H and O–H groups in total. The third-order valence-corrected chi connectivity index (χ3v) is 2.98. The van der Waals surface area contributed by atoms with E-state index in [1.54, 1.807) is 29.0 Å². The van der Waals surface area contributed by atoms with E-state index in [0.717, 1.165) is 5.65 Å². The fraction of sp³-hybridized carbons (Fsp3) is 0.333. The normalized spacial score (nSPS) is 11.8. The number of nitrogens with zero attached hydrogens (tertiary/aromatic N) is 3. The van der Waals surface area contributed by atoms with Crippen molar-refractivity contribution < 1.29 is 8.42 Å². The van der Waals surface area contributed by atoms with E-state index in [0.29, 0.717) is 12.4 Å². The molecule has 0 unspecified atom stereocenters. The molecule has 0 amide bonds. The highest BCUT2D eigenvalue weighted by molar-refractivity contribution is 7.90. The number of rotatable bonds is 4. The SMILES string of the molecule is CS(=O)(=O)CCNc1ccn2nccc2n1. The lowest BCUT2D eigenvalue weighted by molar-refractivity contribution is 0.602. The molecule has 0 spiro atoms. The van der Waals surface area contributed by atoms with Gasteiger partial charge in [-0.2, -0.15) is 5.10 Å². The van der Waals surface area contributed by atoms with Gasteiger partial charge in [0.1, 0.15) is 15.7 Å². The Morgan fingerprint density at radius 1 is 1.44 bits per heavy atom. The summed E-state index contributed by atoms with van der Waals surface area (Å²) in [6, 6.07) is 3.53. The Morgan fingerprint density at radius 2 is 2.25 bits per heavy atom. The number of nitrogens with one attached hydrogen (secondary N) is 1. The summed E-state index contributed by atoms with van der Waals surface area (Å²) in [7, 11) is -2.93. The number of fused-ring (bicyclic) bond motifs is 1. The highest BCUT2D eigenvalue weighted by atomic mass is 32.2. The van der Waals surface area contributed by atoms with Crippen LogP contribution in [0.4, 0.5) is 5.82 Å². The summed E-state index contributed by atoms with van der Waals surface area (Å²) < 4.78 is 23.5. The van der Waals surface area contributed by atoms with Crippen molar-refractivity contribution in [2.75, 3.05) is 23.9 Å². The van der Waals surface area contributed by atoms with Crippen molar-refractivity contribution in [1.82, 2.24) is 14.6 Å². The Balaban J connectivity index is 2.04. The van der Waals surface area contributed by atoms with Crippen molar-refractivity contribution >= 4 is 21.3 Å². The zero-order valence-electron chi connectivity index (χ0n) is 8.79. The Bertz CT molecular complexity index is 590. The molecule has 2 aromatic rings. The minimum absolute atomic E-state index is 0.0964. The van der Waals surface area contributed by atoms with Crippen molar-refractivity contribution in [3.05, 3.63) is 24.5 Å². The summed E-state index contributed by atoms with van der Waals surface area (Å²) in [5.41, 5.74) is 0.726. The highest BCUT2D eigenvalue weighted by Gasteiger charge is 2.02. The van der Waals surface area contributed by atoms with Crippen molar-refractivity contribution in [3.63, 3.8) is 0 Å². The van der Waals surface area contributed by atoms with Crippen LogP contribution < -0.4 is 5.32 Å². The van der Waals surface area contributed by atoms with Gasteiger partial charge in [0.25, 0.3) is 0 Å². The lowest BCUT2D eigenvalue weighted by Crippen LogP contribution is -2.14. The summed E-state index contributed by atoms with van der Waals surface area (Å²) in [4.78, 5) is 4.25. The van der Waals surface area contributed by atoms with Gasteiger partial charge in [-0.1, -0.05) is 0 Å². The first-order valence-corrected chi connectivity index (χ1v) is 6.83. The second kappa shape index (κ2) is 4.09. The van der Waals surface area contributed by atoms with Gasteiger partial charge in [-0.05, 0) is 6.07 Å². The van der Waals surface area contributed by atoms with Gasteiger partial charge < -0.3 is 5.32 Å². The lowest BCUT2D eigenvalue weighted by atomic mass is 10.5. The molecular weight excluding hydrogens is 228 g/mol. The van der Waals surface area contributed by atoms with Crippen LogP contribution in [0.3, 0.4) is 0 Å². The summed E-state index contributed by atoms with van der Waals surface area (Å²) in [6.07, 6.45) is 4.63. The Hall–Kier alpha value is -1.63. The van der Waals surface area contributed by atoms with Crippen LogP contribution in [0.1, 0.15) is 0 Å². The van der Waals surface area contributed by atoms with Crippen LogP contribution in [-0.4, -0.2) is 41.6 Å². The molecule has 0 radical (unpaired) electrons. The van der Waals surface area contributed by atoms with Gasteiger partial charge in [-0.25, -0.2) is 17.9 Å². The fourth-order valence-electron chi connectivity index (χ4n) is 1.28. The average molecular weight is 240 g/mol. The van der Waals surface area contributed by atoms with Gasteiger partial charge in [-0.15, -0.1) is 0 Å². The average Bonchev–Trinajstić information content (AvgIpc) is 2.62. The van der Waals surface area contributed by atoms with E-state index < -0.39 is 9.84 Å². The van der Waals surface area contributed by atoms with Crippen molar-refractivity contribution in [2.45, 2.75) is 0 Å². The molecule has 0 aliphatic heterocycles. The van der Waals surface area contributed by atoms with Gasteiger partial charge in [0, 0.05) is 25.1 Å². The van der Waals surface area contributed by atoms with Gasteiger partial charge in [0.2, 0.25) is 0 Å². The highest BCUT2D eigenvalue weighted by Crippen LogP contribution is 2.05. The third kappa shape index (κ3) is 2.69. The van der Waals surface area contributed by atoms with Gasteiger partial charge in [0.05, 0.1) is 11.9 Å². The number of sulfone groups is 1. The van der Waals surface area contributed by atoms with Crippen molar-refractivity contribution in [1.29, 1.82) is 0 Å². The number of aromatic nitrogens is 3. The molecule has 7 heteroatoms. The topological polar surface area (TPSA) is 76.4 Å². The fourth-order valence-corrected chi connectivity index (χ4v) is 1.75. The Kier molecular flexibility index (Phi) is 2.78. The molecule has 0 atom stereocenters. The van der Waals surface area contributed by atoms with Crippen molar-refractivity contribution in [2.24, 2.45) is 0 Å². The van der Waals surface area contributed by atoms with Gasteiger partial charge in [-0.3, -0.25) is 0 Å². The van der Waals surface area contributed by atoms with Crippen LogP contribution in [0.5, 0.6) is 0 Å². The molecule has 0 aliphatic rings. The molecule has 2 aromatic heterocycles. The van der Waals surface area contributed by atoms with E-state index in [1.165, 1.54) is 6.26 Å². The van der Waals surface area contributed by atoms with E-state index in [2.05, 4.69) is 15.4 Å². The Labute approximate surface area is 93.2 Å². The number of anilines is 1. The maximum absolute atomic E-state index is 10.9. The standard InChI is InChI=1S/C9H12N4O2S/c1-16(14,15)7-5-10-8-3-6-13-9(12-8)2-4-11-13/h2-4,6H,5,7H2,1H3,(H,10,12). The molecule has 0 aromatic carbocycles. The minimum Gasteiger partial charge on any atom is -0.369 e. The first-order chi connectivity index (χ1) is 7.54. The maximum atomic E-state index is 10.9. The molecular formula is C9H12N4O2S. The predicted molar refractivity (Wildman–Crippen MR) is 61.2 cm³/mol. The minimum atomic E-state index is -2.93. The van der Waals surface area contributed by atoms with Crippen LogP contribution in [0.15, 0.2) is 24.5 Å². The number of hydrogen-bond donors (Lipinski definition) is 1.